The minimum Gasteiger partial charge on any atom is -0.490 e. The zero-order valence-electron chi connectivity index (χ0n) is 22.0. The maximum absolute atomic E-state index is 12.6. The van der Waals surface area contributed by atoms with Crippen LogP contribution in [0.4, 0.5) is 5.69 Å². The van der Waals surface area contributed by atoms with E-state index in [9.17, 15) is 14.4 Å². The first-order valence-electron chi connectivity index (χ1n) is 12.4. The number of amides is 3. The molecule has 10 nitrogen and oxygen atoms in total. The molecule has 1 atom stereocenters. The van der Waals surface area contributed by atoms with Gasteiger partial charge >= 0.3 is 11.8 Å². The van der Waals surface area contributed by atoms with Crippen molar-refractivity contribution in [2.45, 2.75) is 46.6 Å². The molecule has 204 valence electrons. The van der Waals surface area contributed by atoms with Gasteiger partial charge < -0.3 is 24.8 Å². The van der Waals surface area contributed by atoms with Gasteiger partial charge in [0, 0.05) is 18.8 Å². The van der Waals surface area contributed by atoms with E-state index in [4.69, 9.17) is 14.2 Å². The number of nitrogens with one attached hydrogen (secondary N) is 3. The highest BCUT2D eigenvalue weighted by atomic mass is 127. The third-order valence-electron chi connectivity index (χ3n) is 5.72. The van der Waals surface area contributed by atoms with Crippen LogP contribution in [0.5, 0.6) is 11.5 Å². The van der Waals surface area contributed by atoms with Gasteiger partial charge in [-0.2, -0.15) is 5.10 Å². The smallest absolute Gasteiger partial charge is 0.329 e. The van der Waals surface area contributed by atoms with E-state index in [0.717, 1.165) is 35.2 Å². The van der Waals surface area contributed by atoms with Crippen LogP contribution in [0.1, 0.15) is 42.0 Å². The predicted octanol–water partition coefficient (Wildman–Crippen LogP) is 3.38. The van der Waals surface area contributed by atoms with Crippen molar-refractivity contribution < 1.29 is 28.6 Å². The van der Waals surface area contributed by atoms with Crippen LogP contribution < -0.4 is 25.5 Å². The first-order valence-corrected chi connectivity index (χ1v) is 13.5. The summed E-state index contributed by atoms with van der Waals surface area (Å²) < 4.78 is 17.7. The van der Waals surface area contributed by atoms with Crippen LogP contribution in [0.3, 0.4) is 0 Å². The number of nitrogens with zero attached hydrogens (tertiary/aromatic N) is 1. The number of anilines is 1. The van der Waals surface area contributed by atoms with Crippen molar-refractivity contribution in [3.05, 3.63) is 50.1 Å². The summed E-state index contributed by atoms with van der Waals surface area (Å²) in [7, 11) is 0. The monoisotopic (exact) mass is 636 g/mol. The number of hydrazone groups is 1. The van der Waals surface area contributed by atoms with E-state index < -0.39 is 11.8 Å². The summed E-state index contributed by atoms with van der Waals surface area (Å²) in [5, 5.41) is 9.34. The van der Waals surface area contributed by atoms with Crippen molar-refractivity contribution in [1.82, 2.24) is 10.7 Å². The van der Waals surface area contributed by atoms with Crippen molar-refractivity contribution in [3.8, 4) is 11.5 Å². The second-order valence-corrected chi connectivity index (χ2v) is 10.1. The molecule has 1 aliphatic heterocycles. The number of hydrogen-bond donors (Lipinski definition) is 3. The standard InChI is InChI=1S/C27H33IN4O6/c1-5-36-22-12-19(13-30-32-27(35)26(34)29-14-20-7-6-8-37-20)11-21(28)25(22)38-15-23(33)31-24-17(3)9-16(2)10-18(24)4/h9-13,20H,5-8,14-15H2,1-4H3,(H,29,34)(H,31,33)(H,32,35)/b30-13-/t20-/m0/s1. The number of carbonyl (C=O) groups excluding carboxylic acids is 3. The lowest BCUT2D eigenvalue weighted by Gasteiger charge is -2.16. The molecule has 3 N–H and O–H groups in total. The number of ether oxygens (including phenoxy) is 3. The molecule has 11 heteroatoms. The first kappa shape index (κ1) is 29.4. The summed E-state index contributed by atoms with van der Waals surface area (Å²) in [6, 6.07) is 7.47. The third-order valence-corrected chi connectivity index (χ3v) is 6.52. The lowest BCUT2D eigenvalue weighted by molar-refractivity contribution is -0.139. The Bertz CT molecular complexity index is 1190. The molecule has 0 radical (unpaired) electrons. The molecule has 3 rings (SSSR count). The molecule has 0 saturated carbocycles. The Balaban J connectivity index is 1.59. The molecule has 3 amide bonds. The van der Waals surface area contributed by atoms with Gasteiger partial charge in [-0.3, -0.25) is 14.4 Å². The van der Waals surface area contributed by atoms with Crippen LogP contribution in [0.15, 0.2) is 29.4 Å². The molecule has 1 aliphatic rings. The van der Waals surface area contributed by atoms with E-state index in [-0.39, 0.29) is 25.2 Å². The van der Waals surface area contributed by atoms with Crippen LogP contribution in [0.2, 0.25) is 0 Å². The molecule has 0 unspecified atom stereocenters. The van der Waals surface area contributed by atoms with Gasteiger partial charge in [0.25, 0.3) is 5.91 Å². The van der Waals surface area contributed by atoms with Gasteiger partial charge in [-0.1, -0.05) is 17.7 Å². The highest BCUT2D eigenvalue weighted by molar-refractivity contribution is 14.1. The fourth-order valence-electron chi connectivity index (χ4n) is 4.06. The van der Waals surface area contributed by atoms with Crippen LogP contribution in [-0.4, -0.2) is 56.4 Å². The van der Waals surface area contributed by atoms with Gasteiger partial charge in [0.15, 0.2) is 18.1 Å². The Labute approximate surface area is 236 Å². The second kappa shape index (κ2) is 14.1. The molecule has 0 bridgehead atoms. The predicted molar refractivity (Wildman–Crippen MR) is 153 cm³/mol. The average Bonchev–Trinajstić information content (AvgIpc) is 3.38. The van der Waals surface area contributed by atoms with Crippen molar-refractivity contribution in [2.75, 3.05) is 31.7 Å². The molecule has 0 aliphatic carbocycles. The van der Waals surface area contributed by atoms with E-state index in [1.165, 1.54) is 6.21 Å². The molecule has 1 saturated heterocycles. The molecule has 1 heterocycles. The lowest BCUT2D eigenvalue weighted by atomic mass is 10.1. The normalized spacial score (nSPS) is 14.8. The fraction of sp³-hybridized carbons (Fsp3) is 0.407. The molecule has 0 aromatic heterocycles. The highest BCUT2D eigenvalue weighted by Crippen LogP contribution is 2.34. The Kier molecular flexibility index (Phi) is 10.9. The molecular weight excluding hydrogens is 603 g/mol. The zero-order chi connectivity index (χ0) is 27.7. The maximum Gasteiger partial charge on any atom is 0.329 e. The van der Waals surface area contributed by atoms with Crippen LogP contribution in [0.25, 0.3) is 0 Å². The summed E-state index contributed by atoms with van der Waals surface area (Å²) in [5.74, 6) is -1.08. The first-order chi connectivity index (χ1) is 18.2. The van der Waals surface area contributed by atoms with Crippen molar-refractivity contribution in [2.24, 2.45) is 5.10 Å². The van der Waals surface area contributed by atoms with Crippen molar-refractivity contribution >= 4 is 52.2 Å². The molecular formula is C27H33IN4O6. The van der Waals surface area contributed by atoms with Gasteiger partial charge in [0.05, 0.1) is 22.5 Å². The van der Waals surface area contributed by atoms with Gasteiger partial charge in [-0.05, 0) is 92.0 Å². The number of rotatable bonds is 10. The summed E-state index contributed by atoms with van der Waals surface area (Å²) in [6.45, 7) is 8.89. The summed E-state index contributed by atoms with van der Waals surface area (Å²) in [5.41, 5.74) is 6.70. The largest absolute Gasteiger partial charge is 0.490 e. The topological polar surface area (TPSA) is 127 Å². The quantitative estimate of drug-likeness (QED) is 0.159. The van der Waals surface area contributed by atoms with E-state index in [2.05, 4.69) is 43.8 Å². The van der Waals surface area contributed by atoms with Crippen molar-refractivity contribution in [3.63, 3.8) is 0 Å². The summed E-state index contributed by atoms with van der Waals surface area (Å²) in [4.78, 5) is 36.6. The molecule has 38 heavy (non-hydrogen) atoms. The van der Waals surface area contributed by atoms with Crippen LogP contribution >= 0.6 is 22.6 Å². The Hall–Kier alpha value is -3.19. The lowest BCUT2D eigenvalue weighted by Crippen LogP contribution is -2.41. The molecule has 1 fully saturated rings. The number of aryl methyl sites for hydroxylation is 3. The Morgan fingerprint density at radius 2 is 1.84 bits per heavy atom. The summed E-state index contributed by atoms with van der Waals surface area (Å²) in [6.07, 6.45) is 3.15. The van der Waals surface area contributed by atoms with Crippen LogP contribution in [-0.2, 0) is 19.1 Å². The van der Waals surface area contributed by atoms with E-state index in [1.54, 1.807) is 12.1 Å². The highest BCUT2D eigenvalue weighted by Gasteiger charge is 2.19. The second-order valence-electron chi connectivity index (χ2n) is 8.92. The van der Waals surface area contributed by atoms with Crippen LogP contribution in [0, 0.1) is 24.3 Å². The van der Waals surface area contributed by atoms with E-state index in [1.807, 2.05) is 39.8 Å². The maximum atomic E-state index is 12.6. The minimum absolute atomic E-state index is 0.0584. The Morgan fingerprint density at radius 3 is 2.50 bits per heavy atom. The van der Waals surface area contributed by atoms with Crippen molar-refractivity contribution in [1.29, 1.82) is 0 Å². The number of benzene rings is 2. The van der Waals surface area contributed by atoms with E-state index >= 15 is 0 Å². The SMILES string of the molecule is CCOc1cc(/C=N\NC(=O)C(=O)NC[C@@H]2CCCO2)cc(I)c1OCC(=O)Nc1c(C)cc(C)cc1C. The third kappa shape index (κ3) is 8.42. The number of carbonyl (C=O) groups is 3. The van der Waals surface area contributed by atoms with Gasteiger partial charge in [-0.25, -0.2) is 5.43 Å². The molecule has 2 aromatic carbocycles. The molecule has 0 spiro atoms. The number of hydrogen-bond acceptors (Lipinski definition) is 7. The fourth-order valence-corrected chi connectivity index (χ4v) is 4.85. The summed E-state index contributed by atoms with van der Waals surface area (Å²) >= 11 is 2.08. The van der Waals surface area contributed by atoms with Gasteiger partial charge in [0.1, 0.15) is 0 Å². The Morgan fingerprint density at radius 1 is 1.11 bits per heavy atom. The number of halogens is 1. The van der Waals surface area contributed by atoms with Gasteiger partial charge in [-0.15, -0.1) is 0 Å². The van der Waals surface area contributed by atoms with Gasteiger partial charge in [0.2, 0.25) is 0 Å². The average molecular weight is 636 g/mol. The zero-order valence-corrected chi connectivity index (χ0v) is 24.1. The minimum atomic E-state index is -0.871. The molecule has 2 aromatic rings. The van der Waals surface area contributed by atoms with E-state index in [0.29, 0.717) is 33.8 Å².